The minimum Gasteiger partial charge on any atom is -0.206 e. The molecule has 1 aromatic rings. The van der Waals surface area contributed by atoms with Crippen LogP contribution in [0, 0.1) is 17.1 Å². The van der Waals surface area contributed by atoms with Gasteiger partial charge in [0.15, 0.2) is 0 Å². The minimum absolute atomic E-state index is 0.186. The van der Waals surface area contributed by atoms with Gasteiger partial charge in [0.25, 0.3) is 0 Å². The largest absolute Gasteiger partial charge is 0.206 e. The lowest BCUT2D eigenvalue weighted by atomic mass is 10.2. The Hall–Kier alpha value is -1.01. The van der Waals surface area contributed by atoms with Crippen LogP contribution in [0.5, 0.6) is 0 Å². The molecule has 0 heterocycles. The van der Waals surface area contributed by atoms with Crippen molar-refractivity contribution in [1.82, 2.24) is 0 Å². The van der Waals surface area contributed by atoms with Crippen LogP contribution >= 0.6 is 11.8 Å². The van der Waals surface area contributed by atoms with Gasteiger partial charge in [-0.05, 0) is 30.5 Å². The second kappa shape index (κ2) is 4.02. The first kappa shape index (κ1) is 9.54. The van der Waals surface area contributed by atoms with Crippen molar-refractivity contribution in [3.63, 3.8) is 0 Å². The maximum atomic E-state index is 13.4. The van der Waals surface area contributed by atoms with Crippen molar-refractivity contribution in [3.05, 3.63) is 29.6 Å². The third-order valence-electron chi connectivity index (χ3n) is 2.10. The van der Waals surface area contributed by atoms with Gasteiger partial charge in [-0.15, -0.1) is 11.8 Å². The Morgan fingerprint density at radius 3 is 2.86 bits per heavy atom. The molecule has 0 unspecified atom stereocenters. The summed E-state index contributed by atoms with van der Waals surface area (Å²) in [7, 11) is 0. The highest BCUT2D eigenvalue weighted by Gasteiger charge is 2.23. The molecule has 0 aliphatic heterocycles. The molecule has 1 aliphatic rings. The lowest BCUT2D eigenvalue weighted by Crippen LogP contribution is -1.87. The van der Waals surface area contributed by atoms with Crippen LogP contribution in [0.15, 0.2) is 23.1 Å². The molecule has 0 spiro atoms. The molecule has 0 N–H and O–H groups in total. The van der Waals surface area contributed by atoms with E-state index in [9.17, 15) is 4.39 Å². The third kappa shape index (κ3) is 2.27. The molecule has 1 fully saturated rings. The van der Waals surface area contributed by atoms with Gasteiger partial charge in [-0.25, -0.2) is 4.39 Å². The zero-order chi connectivity index (χ0) is 9.97. The molecule has 0 aromatic heterocycles. The Morgan fingerprint density at radius 1 is 1.50 bits per heavy atom. The van der Waals surface area contributed by atoms with Gasteiger partial charge >= 0.3 is 0 Å². The summed E-state index contributed by atoms with van der Waals surface area (Å²) in [6.07, 6.45) is 2.68. The van der Waals surface area contributed by atoms with Crippen LogP contribution in [0.2, 0.25) is 0 Å². The van der Waals surface area contributed by atoms with Crippen molar-refractivity contribution < 1.29 is 4.39 Å². The Morgan fingerprint density at radius 2 is 2.29 bits per heavy atom. The number of rotatable bonds is 3. The summed E-state index contributed by atoms with van der Waals surface area (Å²) < 4.78 is 13.4. The highest BCUT2D eigenvalue weighted by molar-refractivity contribution is 8.00. The molecule has 14 heavy (non-hydrogen) atoms. The molecule has 0 radical (unpaired) electrons. The summed E-state index contributed by atoms with van der Waals surface area (Å²) in [4.78, 5) is 0.717. The van der Waals surface area contributed by atoms with E-state index in [-0.39, 0.29) is 12.2 Å². The van der Waals surface area contributed by atoms with Gasteiger partial charge in [0.05, 0.1) is 12.5 Å². The molecule has 0 bridgehead atoms. The number of hydrogen-bond acceptors (Lipinski definition) is 2. The van der Waals surface area contributed by atoms with E-state index in [0.29, 0.717) is 10.1 Å². The standard InChI is InChI=1S/C11H10FNS/c12-10-7-8(5-6-13)1-4-11(10)14-9-2-3-9/h1,4,7,9H,2-3,5H2. The average molecular weight is 207 g/mol. The van der Waals surface area contributed by atoms with Gasteiger partial charge in [0.2, 0.25) is 0 Å². The Labute approximate surface area is 86.9 Å². The van der Waals surface area contributed by atoms with Crippen molar-refractivity contribution >= 4 is 11.8 Å². The smallest absolute Gasteiger partial charge is 0.137 e. The summed E-state index contributed by atoms with van der Waals surface area (Å²) in [5, 5.41) is 9.07. The van der Waals surface area contributed by atoms with E-state index in [1.807, 2.05) is 12.1 Å². The number of halogens is 1. The van der Waals surface area contributed by atoms with Crippen LogP contribution in [-0.4, -0.2) is 5.25 Å². The molecule has 0 amide bonds. The van der Waals surface area contributed by atoms with Crippen molar-refractivity contribution in [2.24, 2.45) is 0 Å². The Bertz CT molecular complexity index is 379. The minimum atomic E-state index is -0.186. The summed E-state index contributed by atoms with van der Waals surface area (Å²) in [5.41, 5.74) is 0.755. The maximum absolute atomic E-state index is 13.4. The number of hydrogen-bond donors (Lipinski definition) is 0. The van der Waals surface area contributed by atoms with E-state index in [4.69, 9.17) is 5.26 Å². The zero-order valence-corrected chi connectivity index (χ0v) is 8.48. The zero-order valence-electron chi connectivity index (χ0n) is 7.66. The number of thioether (sulfide) groups is 1. The molecule has 1 aromatic carbocycles. The predicted molar refractivity (Wildman–Crippen MR) is 54.6 cm³/mol. The second-order valence-corrected chi connectivity index (χ2v) is 4.76. The van der Waals surface area contributed by atoms with Crippen molar-refractivity contribution in [2.75, 3.05) is 0 Å². The fraction of sp³-hybridized carbons (Fsp3) is 0.364. The van der Waals surface area contributed by atoms with Gasteiger partial charge in [-0.1, -0.05) is 6.07 Å². The summed E-state index contributed by atoms with van der Waals surface area (Å²) in [6, 6.07) is 7.09. The quantitative estimate of drug-likeness (QED) is 0.760. The van der Waals surface area contributed by atoms with Crippen LogP contribution in [0.25, 0.3) is 0 Å². The molecular formula is C11H10FNS. The highest BCUT2D eigenvalue weighted by Crippen LogP contribution is 2.40. The monoisotopic (exact) mass is 207 g/mol. The lowest BCUT2D eigenvalue weighted by molar-refractivity contribution is 0.600. The maximum Gasteiger partial charge on any atom is 0.137 e. The van der Waals surface area contributed by atoms with Crippen LogP contribution in [0.4, 0.5) is 4.39 Å². The fourth-order valence-electron chi connectivity index (χ4n) is 1.21. The average Bonchev–Trinajstić information content (AvgIpc) is 2.94. The van der Waals surface area contributed by atoms with Crippen molar-refractivity contribution in [2.45, 2.75) is 29.4 Å². The number of nitriles is 1. The van der Waals surface area contributed by atoms with Gasteiger partial charge in [0, 0.05) is 10.1 Å². The van der Waals surface area contributed by atoms with E-state index in [1.54, 1.807) is 17.8 Å². The first-order valence-corrected chi connectivity index (χ1v) is 5.49. The Kier molecular flexibility index (Phi) is 2.74. The van der Waals surface area contributed by atoms with E-state index < -0.39 is 0 Å². The SMILES string of the molecule is N#CCc1ccc(SC2CC2)c(F)c1. The first-order valence-electron chi connectivity index (χ1n) is 4.61. The van der Waals surface area contributed by atoms with Crippen molar-refractivity contribution in [1.29, 1.82) is 5.26 Å². The molecule has 3 heteroatoms. The second-order valence-electron chi connectivity index (χ2n) is 3.42. The van der Waals surface area contributed by atoms with Crippen LogP contribution in [0.3, 0.4) is 0 Å². The summed E-state index contributed by atoms with van der Waals surface area (Å²) in [6.45, 7) is 0. The van der Waals surface area contributed by atoms with Gasteiger partial charge < -0.3 is 0 Å². The molecule has 72 valence electrons. The molecule has 1 nitrogen and oxygen atoms in total. The van der Waals surface area contributed by atoms with Crippen molar-refractivity contribution in [3.8, 4) is 6.07 Å². The van der Waals surface area contributed by atoms with E-state index in [2.05, 4.69) is 0 Å². The summed E-state index contributed by atoms with van der Waals surface area (Å²) >= 11 is 1.61. The van der Waals surface area contributed by atoms with Gasteiger partial charge in [-0.3, -0.25) is 0 Å². The molecule has 0 saturated heterocycles. The van der Waals surface area contributed by atoms with Gasteiger partial charge in [-0.2, -0.15) is 5.26 Å². The van der Waals surface area contributed by atoms with E-state index in [1.165, 1.54) is 18.9 Å². The van der Waals surface area contributed by atoms with E-state index >= 15 is 0 Å². The molecule has 0 atom stereocenters. The topological polar surface area (TPSA) is 23.8 Å². The number of nitrogens with zero attached hydrogens (tertiary/aromatic N) is 1. The lowest BCUT2D eigenvalue weighted by Gasteiger charge is -2.02. The van der Waals surface area contributed by atoms with E-state index in [0.717, 1.165) is 5.56 Å². The van der Waals surface area contributed by atoms with Crippen LogP contribution in [-0.2, 0) is 6.42 Å². The normalized spacial score (nSPS) is 15.1. The molecule has 1 saturated carbocycles. The van der Waals surface area contributed by atoms with Crippen LogP contribution in [0.1, 0.15) is 18.4 Å². The molecule has 2 rings (SSSR count). The molecular weight excluding hydrogens is 197 g/mol. The highest BCUT2D eigenvalue weighted by atomic mass is 32.2. The van der Waals surface area contributed by atoms with Gasteiger partial charge in [0.1, 0.15) is 5.82 Å². The van der Waals surface area contributed by atoms with Crippen LogP contribution < -0.4 is 0 Å². The Balaban J connectivity index is 2.13. The fourth-order valence-corrected chi connectivity index (χ4v) is 2.26. The number of benzene rings is 1. The summed E-state index contributed by atoms with van der Waals surface area (Å²) in [5.74, 6) is -0.186. The third-order valence-corrected chi connectivity index (χ3v) is 3.49. The predicted octanol–water partition coefficient (Wildman–Crippen LogP) is 3.15. The molecule has 1 aliphatic carbocycles. The first-order chi connectivity index (χ1) is 6.79.